The molecule has 144 heavy (non-hydrogen) atoms. The molecule has 0 aliphatic rings. The average Bonchev–Trinajstić information content (AvgIpc) is 1.35. The number of nitro groups is 2. The van der Waals surface area contributed by atoms with Crippen LogP contribution < -0.4 is 43.5 Å². The van der Waals surface area contributed by atoms with Gasteiger partial charge in [0.2, 0.25) is 0 Å². The molecule has 0 fully saturated rings. The molecule has 0 unspecified atom stereocenters. The van der Waals surface area contributed by atoms with E-state index in [9.17, 15) is 29.8 Å². The number of aryl methyl sites for hydroxylation is 2. The van der Waals surface area contributed by atoms with E-state index < -0.39 is 0 Å². The van der Waals surface area contributed by atoms with Crippen LogP contribution in [0.4, 0.5) is 34.1 Å². The minimum Gasteiger partial charge on any atom is -0.397 e. The summed E-state index contributed by atoms with van der Waals surface area (Å²) in [6, 6.07) is 50.9. The smallest absolute Gasteiger partial charge is 0.299 e. The Bertz CT molecular complexity index is 8570. The summed E-state index contributed by atoms with van der Waals surface area (Å²) in [6.45, 7) is 16.2. The van der Waals surface area contributed by atoms with Gasteiger partial charge in [-0.25, -0.2) is 19.9 Å². The van der Waals surface area contributed by atoms with Gasteiger partial charge in [-0.1, -0.05) is 326 Å². The molecule has 0 aliphatic heterocycles. The molecule has 0 amide bonds. The van der Waals surface area contributed by atoms with E-state index in [0.717, 1.165) is 197 Å². The molecule has 22 nitrogen and oxygen atoms in total. The average molecular weight is 1930 g/mol. The fourth-order valence-corrected chi connectivity index (χ4v) is 24.2. The predicted octanol–water partition coefficient (Wildman–Crippen LogP) is 31.3. The van der Waals surface area contributed by atoms with Gasteiger partial charge in [0, 0.05) is 114 Å². The molecule has 22 heteroatoms. The van der Waals surface area contributed by atoms with E-state index >= 15 is 9.59 Å². The van der Waals surface area contributed by atoms with E-state index in [1.807, 2.05) is 135 Å². The number of nitrogens with zero attached hydrogens (tertiary/aromatic N) is 12. The zero-order valence-electron chi connectivity index (χ0n) is 84.9. The first-order valence-corrected chi connectivity index (χ1v) is 54.4. The topological polar surface area (TPSA) is 282 Å². The SMILES string of the molecule is CCCCCCCCCCCCN(CCCCCCCCCCCC)c1cc([N+](=O)[O-])c2nc3c4ccc(-c5ccc6c(=O)n7c8cc(C)cc(N)c8nc7c7cccc5c67)c5cccc(c(=O)n3c2c1)c54.CCCCCCCCCCCCN(CCCCCCCCCCCC)c1cc([N+](=O)[O-])c2nc3c4ccc5c6ccc7c(=O)n8c9cc(C)cc(N)c9nc8c8ccc(c9ccc(c(=O)n3c2c1)c4c95)c6c78. The standard InChI is InChI=1S/C61H67N7O4.C61H69N7O4/c1-4-6-8-10-12-14-16-18-20-22-32-65(33-23-21-19-17-15-13-11-9-7-5-2)39-36-50-57(51(37-39)68(71)72)64-59-45-29-25-41-42-26-30-46-54-44(58-63-56-48(62)34-38(3)35-49(56)66(58)60(46)69)28-24-40(52(42)54)43-27-31-47(55(45)53(41)43)61(70)67(50)59;1-4-6-8-10-12-14-16-18-20-22-34-65(35-23-21-19-17-15-13-11-9-7-5-2)41-38-52-57(53(39-41)68(71)72)64-59-47-32-30-42(45-27-25-29-48(55(45)47)60(69)67(52)59)43-31-33-49-54-44(43)26-24-28-46(54)58-63-56-50(62)36-40(3)37-51(56)66(58)61(49)70/h24-31,34-37H,4-23,32-33,62H2,1-3H3;24-33,36-39H,4-23,34-35,62H2,1-3H3. The summed E-state index contributed by atoms with van der Waals surface area (Å²) in [5.74, 6) is 0. The van der Waals surface area contributed by atoms with Gasteiger partial charge in [0.05, 0.1) is 43.3 Å². The maximum Gasteiger partial charge on any atom is 0.299 e. The summed E-state index contributed by atoms with van der Waals surface area (Å²) in [5.41, 5.74) is 24.1. The second kappa shape index (κ2) is 43.0. The molecule has 13 aromatic carbocycles. The van der Waals surface area contributed by atoms with Crippen LogP contribution >= 0.6 is 0 Å². The first-order valence-electron chi connectivity index (χ1n) is 54.4. The minimum atomic E-state index is -0.339. The summed E-state index contributed by atoms with van der Waals surface area (Å²) in [5, 5.41) is 42.2. The van der Waals surface area contributed by atoms with Gasteiger partial charge in [-0.05, 0) is 184 Å². The number of nitrogens with two attached hydrogens (primary N) is 2. The second-order valence-electron chi connectivity index (χ2n) is 41.5. The van der Waals surface area contributed by atoms with E-state index in [4.69, 9.17) is 31.4 Å². The summed E-state index contributed by atoms with van der Waals surface area (Å²) >= 11 is 0. The van der Waals surface area contributed by atoms with Gasteiger partial charge in [-0.2, -0.15) is 0 Å². The molecule has 8 aromatic heterocycles. The maximum atomic E-state index is 15.1. The van der Waals surface area contributed by atoms with E-state index in [0.29, 0.717) is 88.6 Å². The number of aromatic nitrogens is 8. The number of hydrogen-bond acceptors (Lipinski definition) is 16. The number of benzene rings is 13. The van der Waals surface area contributed by atoms with Crippen LogP contribution in [-0.4, -0.2) is 73.6 Å². The lowest BCUT2D eigenvalue weighted by atomic mass is 9.86. The van der Waals surface area contributed by atoms with Gasteiger partial charge in [0.15, 0.2) is 11.0 Å². The molecule has 0 aliphatic carbocycles. The molecule has 0 spiro atoms. The number of hydrogen-bond donors (Lipinski definition) is 2. The highest BCUT2D eigenvalue weighted by molar-refractivity contribution is 6.41. The fourth-order valence-electron chi connectivity index (χ4n) is 24.2. The van der Waals surface area contributed by atoms with E-state index in [-0.39, 0.29) is 54.5 Å². The Labute approximate surface area is 838 Å². The van der Waals surface area contributed by atoms with Crippen molar-refractivity contribution in [3.63, 3.8) is 0 Å². The predicted molar refractivity (Wildman–Crippen MR) is 603 cm³/mol. The number of unbranched alkanes of at least 4 members (excludes halogenated alkanes) is 36. The third-order valence-electron chi connectivity index (χ3n) is 31.5. The van der Waals surface area contributed by atoms with Crippen molar-refractivity contribution in [1.29, 1.82) is 0 Å². The number of nitro benzene ring substituents is 2. The molecular formula is C122H136N14O8. The number of imidazole rings is 4. The first kappa shape index (κ1) is 97.7. The van der Waals surface area contributed by atoms with Gasteiger partial charge in [-0.15, -0.1) is 0 Å². The molecule has 21 rings (SSSR count). The van der Waals surface area contributed by atoms with Crippen molar-refractivity contribution < 1.29 is 9.85 Å². The summed E-state index contributed by atoms with van der Waals surface area (Å²) in [7, 11) is 0. The monoisotopic (exact) mass is 1930 g/mol. The Hall–Kier alpha value is -13.8. The van der Waals surface area contributed by atoms with Crippen LogP contribution in [0.3, 0.4) is 0 Å². The molecule has 8 heterocycles. The second-order valence-corrected chi connectivity index (χ2v) is 41.5. The normalized spacial score (nSPS) is 12.3. The van der Waals surface area contributed by atoms with E-state index in [1.165, 1.54) is 205 Å². The molecule has 21 aromatic rings. The molecule has 0 bridgehead atoms. The minimum absolute atomic E-state index is 0.0818. The molecule has 742 valence electrons. The van der Waals surface area contributed by atoms with Crippen LogP contribution in [-0.2, 0) is 0 Å². The van der Waals surface area contributed by atoms with Crippen LogP contribution in [0.25, 0.3) is 186 Å². The fraction of sp³-hybridized carbons (Fsp3) is 0.410. The van der Waals surface area contributed by atoms with Gasteiger partial charge in [0.25, 0.3) is 33.6 Å². The molecule has 4 N–H and O–H groups in total. The number of anilines is 4. The van der Waals surface area contributed by atoms with Crippen molar-refractivity contribution in [2.75, 3.05) is 47.4 Å². The van der Waals surface area contributed by atoms with Gasteiger partial charge in [0.1, 0.15) is 33.6 Å². The Balaban J connectivity index is 0.000000176. The van der Waals surface area contributed by atoms with Crippen molar-refractivity contribution in [3.8, 4) is 11.1 Å². The van der Waals surface area contributed by atoms with Crippen LogP contribution in [0.1, 0.15) is 296 Å². The van der Waals surface area contributed by atoms with E-state index in [1.54, 1.807) is 29.7 Å². The lowest BCUT2D eigenvalue weighted by Gasteiger charge is -2.25. The van der Waals surface area contributed by atoms with Gasteiger partial charge in [-0.3, -0.25) is 57.0 Å². The van der Waals surface area contributed by atoms with Crippen LogP contribution in [0.5, 0.6) is 0 Å². The van der Waals surface area contributed by atoms with Crippen molar-refractivity contribution in [1.82, 2.24) is 37.5 Å². The molecular weight excluding hydrogens is 1790 g/mol. The number of rotatable bonds is 49. The quantitative estimate of drug-likeness (QED) is 0.00895. The summed E-state index contributed by atoms with van der Waals surface area (Å²) < 4.78 is 6.60. The highest BCUT2D eigenvalue weighted by Gasteiger charge is 2.32. The third-order valence-corrected chi connectivity index (χ3v) is 31.5. The van der Waals surface area contributed by atoms with E-state index in [2.05, 4.69) is 61.8 Å². The summed E-state index contributed by atoms with van der Waals surface area (Å²) in [4.78, 5) is 109. The van der Waals surface area contributed by atoms with Crippen molar-refractivity contribution in [2.45, 2.75) is 298 Å². The maximum absolute atomic E-state index is 15.1. The van der Waals surface area contributed by atoms with Crippen LogP contribution in [0.15, 0.2) is 177 Å². The molecule has 0 atom stereocenters. The molecule has 0 saturated heterocycles. The highest BCUT2D eigenvalue weighted by Crippen LogP contribution is 2.49. The van der Waals surface area contributed by atoms with Crippen LogP contribution in [0.2, 0.25) is 0 Å². The summed E-state index contributed by atoms with van der Waals surface area (Å²) in [6.07, 6.45) is 49.6. The Kier molecular flexibility index (Phi) is 29.2. The number of nitrogen functional groups attached to an aromatic ring is 2. The Morgan fingerprint density at radius 1 is 0.264 bits per heavy atom. The zero-order valence-corrected chi connectivity index (χ0v) is 84.9. The van der Waals surface area contributed by atoms with Crippen LogP contribution in [0, 0.1) is 34.1 Å². The Morgan fingerprint density at radius 2 is 0.493 bits per heavy atom. The van der Waals surface area contributed by atoms with Crippen molar-refractivity contribution in [3.05, 3.63) is 230 Å². The molecule has 0 radical (unpaired) electrons. The largest absolute Gasteiger partial charge is 0.397 e. The number of pyridine rings is 4. The number of fused-ring (bicyclic) bond motifs is 18. The third kappa shape index (κ3) is 18.4. The van der Waals surface area contributed by atoms with Gasteiger partial charge < -0.3 is 21.3 Å². The Morgan fingerprint density at radius 3 is 0.812 bits per heavy atom. The van der Waals surface area contributed by atoms with Crippen molar-refractivity contribution >= 4 is 209 Å². The number of non-ortho nitro benzene ring substituents is 2. The first-order chi connectivity index (χ1) is 70.4. The molecule has 0 saturated carbocycles. The lowest BCUT2D eigenvalue weighted by Crippen LogP contribution is -2.26. The highest BCUT2D eigenvalue weighted by atomic mass is 16.6. The van der Waals surface area contributed by atoms with Crippen molar-refractivity contribution in [2.24, 2.45) is 0 Å². The zero-order chi connectivity index (χ0) is 99.5. The lowest BCUT2D eigenvalue weighted by molar-refractivity contribution is -0.383. The van der Waals surface area contributed by atoms with Gasteiger partial charge >= 0.3 is 0 Å².